The molecule has 1 unspecified atom stereocenters. The molecule has 0 aliphatic carbocycles. The predicted molar refractivity (Wildman–Crippen MR) is 48.8 cm³/mol. The van der Waals surface area contributed by atoms with E-state index in [9.17, 15) is 0 Å². The van der Waals surface area contributed by atoms with Gasteiger partial charge in [0.1, 0.15) is 0 Å². The van der Waals surface area contributed by atoms with Crippen LogP contribution in [-0.2, 0) is 0 Å². The van der Waals surface area contributed by atoms with Crippen LogP contribution >= 0.6 is 12.4 Å². The molecule has 0 saturated carbocycles. The maximum atomic E-state index is 5.65. The topological polar surface area (TPSA) is 38.9 Å². The lowest BCUT2D eigenvalue weighted by Gasteiger charge is -2.06. The van der Waals surface area contributed by atoms with Crippen LogP contribution in [0.25, 0.3) is 0 Å². The molecule has 2 nitrogen and oxygen atoms in total. The second kappa shape index (κ2) is 4.31. The predicted octanol–water partition coefficient (Wildman–Crippen LogP) is 1.83. The van der Waals surface area contributed by atoms with Gasteiger partial charge in [0.2, 0.25) is 0 Å². The van der Waals surface area contributed by atoms with E-state index in [2.05, 4.69) is 4.98 Å². The van der Waals surface area contributed by atoms with E-state index in [4.69, 9.17) is 5.73 Å². The standard InChI is InChI=1S/C8H12N2.ClH/c1-6-4-3-5-10-8(6)7(2)9;/h3-5,7H,9H2,1-2H3;1H. The van der Waals surface area contributed by atoms with E-state index in [1.54, 1.807) is 6.20 Å². The molecule has 0 amide bonds. The van der Waals surface area contributed by atoms with Crippen LogP contribution in [-0.4, -0.2) is 4.98 Å². The van der Waals surface area contributed by atoms with Gasteiger partial charge in [0.15, 0.2) is 0 Å². The van der Waals surface area contributed by atoms with Crippen LogP contribution in [0.5, 0.6) is 0 Å². The first-order valence-electron chi connectivity index (χ1n) is 3.39. The molecule has 3 heteroatoms. The molecule has 0 bridgehead atoms. The quantitative estimate of drug-likeness (QED) is 0.702. The van der Waals surface area contributed by atoms with Crippen molar-refractivity contribution in [1.82, 2.24) is 4.98 Å². The first kappa shape index (κ1) is 10.4. The van der Waals surface area contributed by atoms with Crippen LogP contribution in [0.4, 0.5) is 0 Å². The van der Waals surface area contributed by atoms with E-state index in [0.29, 0.717) is 0 Å². The molecule has 0 aliphatic heterocycles. The SMILES string of the molecule is Cc1cccnc1C(C)N.Cl. The van der Waals surface area contributed by atoms with Crippen molar-refractivity contribution < 1.29 is 0 Å². The number of hydrogen-bond donors (Lipinski definition) is 1. The molecule has 1 aromatic rings. The van der Waals surface area contributed by atoms with Crippen LogP contribution < -0.4 is 5.73 Å². The first-order valence-corrected chi connectivity index (χ1v) is 3.39. The second-order valence-electron chi connectivity index (χ2n) is 2.49. The van der Waals surface area contributed by atoms with Crippen molar-refractivity contribution in [3.63, 3.8) is 0 Å². The molecule has 0 radical (unpaired) electrons. The van der Waals surface area contributed by atoms with Gasteiger partial charge in [-0.1, -0.05) is 6.07 Å². The zero-order valence-electron chi connectivity index (χ0n) is 6.74. The Bertz CT molecular complexity index is 223. The lowest BCUT2D eigenvalue weighted by atomic mass is 10.1. The number of halogens is 1. The summed E-state index contributed by atoms with van der Waals surface area (Å²) >= 11 is 0. The minimum Gasteiger partial charge on any atom is -0.323 e. The Labute approximate surface area is 73.2 Å². The van der Waals surface area contributed by atoms with Crippen LogP contribution in [0.1, 0.15) is 24.2 Å². The van der Waals surface area contributed by atoms with Crippen molar-refractivity contribution >= 4 is 12.4 Å². The van der Waals surface area contributed by atoms with E-state index >= 15 is 0 Å². The summed E-state index contributed by atoms with van der Waals surface area (Å²) in [6.07, 6.45) is 1.77. The summed E-state index contributed by atoms with van der Waals surface area (Å²) in [7, 11) is 0. The summed E-state index contributed by atoms with van der Waals surface area (Å²) in [6, 6.07) is 3.98. The molecule has 0 spiro atoms. The molecular weight excluding hydrogens is 160 g/mol. The fraction of sp³-hybridized carbons (Fsp3) is 0.375. The number of pyridine rings is 1. The number of hydrogen-bond acceptors (Lipinski definition) is 2. The third kappa shape index (κ3) is 2.48. The molecular formula is C8H13ClN2. The van der Waals surface area contributed by atoms with Crippen molar-refractivity contribution in [3.8, 4) is 0 Å². The van der Waals surface area contributed by atoms with E-state index in [-0.39, 0.29) is 18.4 Å². The zero-order chi connectivity index (χ0) is 7.56. The summed E-state index contributed by atoms with van der Waals surface area (Å²) in [5.74, 6) is 0. The van der Waals surface area contributed by atoms with Crippen LogP contribution in [0.15, 0.2) is 18.3 Å². The summed E-state index contributed by atoms with van der Waals surface area (Å²) in [5, 5.41) is 0. The highest BCUT2D eigenvalue weighted by Gasteiger charge is 2.01. The van der Waals surface area contributed by atoms with Gasteiger partial charge in [-0.05, 0) is 25.5 Å². The molecule has 1 aromatic heterocycles. The van der Waals surface area contributed by atoms with Gasteiger partial charge in [-0.2, -0.15) is 0 Å². The average molecular weight is 173 g/mol. The molecule has 62 valence electrons. The Morgan fingerprint density at radius 2 is 2.18 bits per heavy atom. The van der Waals surface area contributed by atoms with Crippen molar-refractivity contribution in [2.45, 2.75) is 19.9 Å². The highest BCUT2D eigenvalue weighted by Crippen LogP contribution is 2.09. The molecule has 1 heterocycles. The number of nitrogens with two attached hydrogens (primary N) is 1. The molecule has 1 rings (SSSR count). The lowest BCUT2D eigenvalue weighted by Crippen LogP contribution is -2.08. The molecule has 2 N–H and O–H groups in total. The molecule has 1 atom stereocenters. The van der Waals surface area contributed by atoms with Gasteiger partial charge in [-0.3, -0.25) is 4.98 Å². The van der Waals surface area contributed by atoms with Crippen molar-refractivity contribution in [2.24, 2.45) is 5.73 Å². The van der Waals surface area contributed by atoms with Gasteiger partial charge in [-0.15, -0.1) is 12.4 Å². The largest absolute Gasteiger partial charge is 0.323 e. The highest BCUT2D eigenvalue weighted by atomic mass is 35.5. The van der Waals surface area contributed by atoms with Gasteiger partial charge in [0, 0.05) is 12.2 Å². The smallest absolute Gasteiger partial charge is 0.0597 e. The van der Waals surface area contributed by atoms with Crippen molar-refractivity contribution in [1.29, 1.82) is 0 Å². The van der Waals surface area contributed by atoms with Crippen molar-refractivity contribution in [2.75, 3.05) is 0 Å². The Kier molecular flexibility index (Phi) is 4.08. The molecule has 0 aliphatic rings. The highest BCUT2D eigenvalue weighted by molar-refractivity contribution is 5.85. The minimum absolute atomic E-state index is 0. The van der Waals surface area contributed by atoms with Crippen molar-refractivity contribution in [3.05, 3.63) is 29.6 Å². The number of aryl methyl sites for hydroxylation is 1. The second-order valence-corrected chi connectivity index (χ2v) is 2.49. The third-order valence-corrected chi connectivity index (χ3v) is 1.48. The maximum Gasteiger partial charge on any atom is 0.0597 e. The van der Waals surface area contributed by atoms with Gasteiger partial charge in [-0.25, -0.2) is 0 Å². The van der Waals surface area contributed by atoms with Crippen LogP contribution in [0.2, 0.25) is 0 Å². The Balaban J connectivity index is 0.000001000. The maximum absolute atomic E-state index is 5.65. The summed E-state index contributed by atoms with van der Waals surface area (Å²) in [6.45, 7) is 3.96. The van der Waals surface area contributed by atoms with E-state index in [1.807, 2.05) is 26.0 Å². The Hall–Kier alpha value is -0.600. The van der Waals surface area contributed by atoms with E-state index in [1.165, 1.54) is 0 Å². The summed E-state index contributed by atoms with van der Waals surface area (Å²) in [5.41, 5.74) is 7.80. The number of rotatable bonds is 1. The molecule has 0 saturated heterocycles. The zero-order valence-corrected chi connectivity index (χ0v) is 7.56. The van der Waals surface area contributed by atoms with Gasteiger partial charge >= 0.3 is 0 Å². The van der Waals surface area contributed by atoms with Gasteiger partial charge < -0.3 is 5.73 Å². The van der Waals surface area contributed by atoms with Gasteiger partial charge in [0.25, 0.3) is 0 Å². The fourth-order valence-corrected chi connectivity index (χ4v) is 0.975. The van der Waals surface area contributed by atoms with Crippen LogP contribution in [0, 0.1) is 6.92 Å². The van der Waals surface area contributed by atoms with E-state index < -0.39 is 0 Å². The number of aromatic nitrogens is 1. The summed E-state index contributed by atoms with van der Waals surface area (Å²) < 4.78 is 0. The Morgan fingerprint density at radius 1 is 1.55 bits per heavy atom. The molecule has 11 heavy (non-hydrogen) atoms. The number of nitrogens with zero attached hydrogens (tertiary/aromatic N) is 1. The Morgan fingerprint density at radius 3 is 2.55 bits per heavy atom. The van der Waals surface area contributed by atoms with Crippen LogP contribution in [0.3, 0.4) is 0 Å². The van der Waals surface area contributed by atoms with E-state index in [0.717, 1.165) is 11.3 Å². The molecule has 0 fully saturated rings. The minimum atomic E-state index is 0. The molecule has 0 aromatic carbocycles. The normalized spacial score (nSPS) is 11.9. The monoisotopic (exact) mass is 172 g/mol. The van der Waals surface area contributed by atoms with Gasteiger partial charge in [0.05, 0.1) is 5.69 Å². The summed E-state index contributed by atoms with van der Waals surface area (Å²) in [4.78, 5) is 4.15. The lowest BCUT2D eigenvalue weighted by molar-refractivity contribution is 0.772. The average Bonchev–Trinajstić information content (AvgIpc) is 1.88. The fourth-order valence-electron chi connectivity index (χ4n) is 0.975. The third-order valence-electron chi connectivity index (χ3n) is 1.48. The first-order chi connectivity index (χ1) is 4.72.